The third kappa shape index (κ3) is 4.91. The average Bonchev–Trinajstić information content (AvgIpc) is 3.34. The SMILES string of the molecule is Cc1nc(NC(C)c2cccc(C(F)F)c2F)c2cc(N3CCC(N4CCCCC4)C3)ncc2n1. The quantitative estimate of drug-likeness (QED) is 0.488. The minimum absolute atomic E-state index is 0.172. The first-order valence-electron chi connectivity index (χ1n) is 12.4. The molecule has 2 aliphatic heterocycles. The molecule has 9 heteroatoms. The van der Waals surface area contributed by atoms with Gasteiger partial charge in [-0.15, -0.1) is 0 Å². The third-order valence-corrected chi connectivity index (χ3v) is 7.19. The fraction of sp³-hybridized carbons (Fsp3) is 0.500. The van der Waals surface area contributed by atoms with Crippen LogP contribution >= 0.6 is 0 Å². The van der Waals surface area contributed by atoms with Crippen molar-refractivity contribution in [1.29, 1.82) is 0 Å². The maximum atomic E-state index is 14.8. The van der Waals surface area contributed by atoms with Gasteiger partial charge < -0.3 is 10.2 Å². The maximum absolute atomic E-state index is 14.8. The molecule has 186 valence electrons. The lowest BCUT2D eigenvalue weighted by Crippen LogP contribution is -2.40. The summed E-state index contributed by atoms with van der Waals surface area (Å²) in [6, 6.07) is 6.05. The van der Waals surface area contributed by atoms with E-state index in [9.17, 15) is 13.2 Å². The zero-order valence-corrected chi connectivity index (χ0v) is 20.1. The van der Waals surface area contributed by atoms with Crippen molar-refractivity contribution in [3.63, 3.8) is 0 Å². The van der Waals surface area contributed by atoms with Gasteiger partial charge in [0.15, 0.2) is 0 Å². The number of anilines is 2. The summed E-state index contributed by atoms with van der Waals surface area (Å²) >= 11 is 0. The number of pyridine rings is 1. The molecule has 2 atom stereocenters. The summed E-state index contributed by atoms with van der Waals surface area (Å²) in [6.45, 7) is 7.75. The van der Waals surface area contributed by atoms with Crippen molar-refractivity contribution >= 4 is 22.5 Å². The van der Waals surface area contributed by atoms with Crippen molar-refractivity contribution in [2.24, 2.45) is 0 Å². The van der Waals surface area contributed by atoms with Crippen LogP contribution in [-0.4, -0.2) is 52.1 Å². The summed E-state index contributed by atoms with van der Waals surface area (Å²) in [5.74, 6) is 1.07. The van der Waals surface area contributed by atoms with Gasteiger partial charge in [-0.3, -0.25) is 4.90 Å². The Hall–Kier alpha value is -2.94. The van der Waals surface area contributed by atoms with Crippen molar-refractivity contribution in [2.45, 2.75) is 58.0 Å². The second-order valence-corrected chi connectivity index (χ2v) is 9.58. The third-order valence-electron chi connectivity index (χ3n) is 7.19. The van der Waals surface area contributed by atoms with Crippen LogP contribution in [0.5, 0.6) is 0 Å². The lowest BCUT2D eigenvalue weighted by Gasteiger charge is -2.32. The lowest BCUT2D eigenvalue weighted by molar-refractivity contribution is 0.146. The molecule has 4 heterocycles. The van der Waals surface area contributed by atoms with Gasteiger partial charge in [0.1, 0.15) is 23.3 Å². The summed E-state index contributed by atoms with van der Waals surface area (Å²) in [4.78, 5) is 18.7. The highest BCUT2D eigenvalue weighted by Gasteiger charge is 2.29. The number of nitrogens with one attached hydrogen (secondary N) is 1. The number of hydrogen-bond donors (Lipinski definition) is 1. The van der Waals surface area contributed by atoms with Gasteiger partial charge >= 0.3 is 0 Å². The van der Waals surface area contributed by atoms with E-state index in [1.807, 2.05) is 6.07 Å². The van der Waals surface area contributed by atoms with Gasteiger partial charge in [-0.05, 0) is 52.3 Å². The number of hydrogen-bond acceptors (Lipinski definition) is 6. The van der Waals surface area contributed by atoms with Crippen LogP contribution in [0.4, 0.5) is 24.8 Å². The predicted octanol–water partition coefficient (Wildman–Crippen LogP) is 5.65. The second-order valence-electron chi connectivity index (χ2n) is 9.58. The molecule has 1 aromatic carbocycles. The summed E-state index contributed by atoms with van der Waals surface area (Å²) in [5, 5.41) is 4.01. The Morgan fingerprint density at radius 3 is 2.60 bits per heavy atom. The minimum atomic E-state index is -2.87. The molecule has 2 aliphatic rings. The van der Waals surface area contributed by atoms with Gasteiger partial charge in [0.25, 0.3) is 6.43 Å². The van der Waals surface area contributed by atoms with Crippen LogP contribution < -0.4 is 10.2 Å². The smallest absolute Gasteiger partial charge is 0.266 e. The molecule has 2 saturated heterocycles. The molecular weight excluding hydrogens is 453 g/mol. The van der Waals surface area contributed by atoms with Crippen molar-refractivity contribution < 1.29 is 13.2 Å². The van der Waals surface area contributed by atoms with Crippen LogP contribution in [0.2, 0.25) is 0 Å². The lowest BCUT2D eigenvalue weighted by atomic mass is 10.0. The Bertz CT molecular complexity index is 1200. The number of piperidine rings is 1. The summed E-state index contributed by atoms with van der Waals surface area (Å²) in [6.07, 6.45) is 3.87. The van der Waals surface area contributed by atoms with E-state index >= 15 is 0 Å². The molecule has 0 aliphatic carbocycles. The Kier molecular flexibility index (Phi) is 6.77. The Morgan fingerprint density at radius 2 is 1.83 bits per heavy atom. The summed E-state index contributed by atoms with van der Waals surface area (Å²) in [7, 11) is 0. The molecular formula is C26H31F3N6. The number of likely N-dealkylation sites (tertiary alicyclic amines) is 1. The number of aryl methyl sites for hydroxylation is 1. The van der Waals surface area contributed by atoms with E-state index < -0.39 is 23.8 Å². The monoisotopic (exact) mass is 484 g/mol. The van der Waals surface area contributed by atoms with E-state index in [4.69, 9.17) is 0 Å². The number of nitrogens with zero attached hydrogens (tertiary/aromatic N) is 5. The van der Waals surface area contributed by atoms with E-state index in [-0.39, 0.29) is 5.56 Å². The van der Waals surface area contributed by atoms with Crippen LogP contribution in [0.3, 0.4) is 0 Å². The van der Waals surface area contributed by atoms with E-state index in [2.05, 4.69) is 30.1 Å². The number of rotatable bonds is 6. The first-order chi connectivity index (χ1) is 16.9. The van der Waals surface area contributed by atoms with Gasteiger partial charge in [-0.2, -0.15) is 0 Å². The average molecular weight is 485 g/mol. The number of benzene rings is 1. The van der Waals surface area contributed by atoms with Crippen LogP contribution in [0, 0.1) is 12.7 Å². The van der Waals surface area contributed by atoms with Crippen LogP contribution in [0.1, 0.15) is 62.0 Å². The Labute approximate surface area is 203 Å². The molecule has 6 nitrogen and oxygen atoms in total. The van der Waals surface area contributed by atoms with Gasteiger partial charge in [0, 0.05) is 30.1 Å². The molecule has 3 aromatic rings. The van der Waals surface area contributed by atoms with Crippen molar-refractivity contribution in [2.75, 3.05) is 36.4 Å². The molecule has 0 amide bonds. The molecule has 1 N–H and O–H groups in total. The van der Waals surface area contributed by atoms with E-state index in [1.54, 1.807) is 20.0 Å². The zero-order chi connectivity index (χ0) is 24.5. The summed E-state index contributed by atoms with van der Waals surface area (Å²) < 4.78 is 41.2. The number of halogens is 3. The van der Waals surface area contributed by atoms with E-state index in [0.29, 0.717) is 23.2 Å². The van der Waals surface area contributed by atoms with Gasteiger partial charge in [-0.25, -0.2) is 28.1 Å². The number of fused-ring (bicyclic) bond motifs is 1. The van der Waals surface area contributed by atoms with Gasteiger partial charge in [0.2, 0.25) is 0 Å². The van der Waals surface area contributed by atoms with Gasteiger partial charge in [-0.1, -0.05) is 24.6 Å². The number of alkyl halides is 2. The second kappa shape index (κ2) is 9.97. The van der Waals surface area contributed by atoms with Crippen LogP contribution in [0.15, 0.2) is 30.5 Å². The highest BCUT2D eigenvalue weighted by atomic mass is 19.3. The van der Waals surface area contributed by atoms with Crippen molar-refractivity contribution in [1.82, 2.24) is 19.9 Å². The highest BCUT2D eigenvalue weighted by molar-refractivity contribution is 5.90. The molecule has 5 rings (SSSR count). The standard InChI is InChI=1S/C26H31F3N6/c1-16(19-7-6-8-20(24(19)27)25(28)29)31-26-21-13-23(30-14-22(21)32-17(2)33-26)35-12-9-18(15-35)34-10-4-3-5-11-34/h6-8,13-14,16,18,25H,3-5,9-12,15H2,1-2H3,(H,31,32,33). The molecule has 0 saturated carbocycles. The molecule has 0 bridgehead atoms. The first kappa shape index (κ1) is 23.8. The molecule has 0 spiro atoms. The Morgan fingerprint density at radius 1 is 1.06 bits per heavy atom. The fourth-order valence-electron chi connectivity index (χ4n) is 5.31. The van der Waals surface area contributed by atoms with E-state index in [1.165, 1.54) is 44.5 Å². The van der Waals surface area contributed by atoms with Crippen LogP contribution in [0.25, 0.3) is 10.9 Å². The molecule has 35 heavy (non-hydrogen) atoms. The molecule has 2 aromatic heterocycles. The van der Waals surface area contributed by atoms with E-state index in [0.717, 1.165) is 36.8 Å². The van der Waals surface area contributed by atoms with Crippen LogP contribution in [-0.2, 0) is 0 Å². The highest BCUT2D eigenvalue weighted by Crippen LogP contribution is 2.32. The minimum Gasteiger partial charge on any atom is -0.363 e. The van der Waals surface area contributed by atoms with Crippen molar-refractivity contribution in [3.05, 3.63) is 53.2 Å². The maximum Gasteiger partial charge on any atom is 0.266 e. The number of aromatic nitrogens is 3. The topological polar surface area (TPSA) is 57.2 Å². The first-order valence-corrected chi connectivity index (χ1v) is 12.4. The summed E-state index contributed by atoms with van der Waals surface area (Å²) in [5.41, 5.74) is 0.263. The molecule has 2 unspecified atom stereocenters. The Balaban J connectivity index is 1.41. The van der Waals surface area contributed by atoms with Crippen molar-refractivity contribution in [3.8, 4) is 0 Å². The fourth-order valence-corrected chi connectivity index (χ4v) is 5.31. The normalized spacial score (nSPS) is 20.1. The largest absolute Gasteiger partial charge is 0.363 e. The van der Waals surface area contributed by atoms with Gasteiger partial charge in [0.05, 0.1) is 23.3 Å². The molecule has 2 fully saturated rings. The zero-order valence-electron chi connectivity index (χ0n) is 20.1. The molecule has 0 radical (unpaired) electrons. The predicted molar refractivity (Wildman–Crippen MR) is 132 cm³/mol.